The molecule has 0 spiro atoms. The summed E-state index contributed by atoms with van der Waals surface area (Å²) in [5.74, 6) is 0.274. The normalized spacial score (nSPS) is 11.4. The number of ether oxygens (including phenoxy) is 1. The quantitative estimate of drug-likeness (QED) is 0.760. The Labute approximate surface area is 116 Å². The lowest BCUT2D eigenvalue weighted by Gasteiger charge is -2.10. The predicted octanol–water partition coefficient (Wildman–Crippen LogP) is 5.20. The van der Waals surface area contributed by atoms with E-state index < -0.39 is 11.7 Å². The summed E-state index contributed by atoms with van der Waals surface area (Å²) in [4.78, 5) is 3.56. The van der Waals surface area contributed by atoms with Crippen LogP contribution in [-0.2, 0) is 6.18 Å². The van der Waals surface area contributed by atoms with Crippen LogP contribution < -0.4 is 4.74 Å². The van der Waals surface area contributed by atoms with E-state index in [-0.39, 0.29) is 10.9 Å². The summed E-state index contributed by atoms with van der Waals surface area (Å²) >= 11 is 11.4. The lowest BCUT2D eigenvalue weighted by Crippen LogP contribution is -2.05. The van der Waals surface area contributed by atoms with Gasteiger partial charge in [-0.15, -0.1) is 0 Å². The van der Waals surface area contributed by atoms with Crippen LogP contribution in [0.1, 0.15) is 5.56 Å². The minimum atomic E-state index is -4.49. The lowest BCUT2D eigenvalue weighted by atomic mass is 10.3. The molecular formula is C12H6Cl2F3NO. The molecule has 0 fully saturated rings. The van der Waals surface area contributed by atoms with Crippen molar-refractivity contribution in [1.29, 1.82) is 0 Å². The molecule has 2 nitrogen and oxygen atoms in total. The zero-order valence-electron chi connectivity index (χ0n) is 9.21. The van der Waals surface area contributed by atoms with Crippen molar-refractivity contribution in [1.82, 2.24) is 4.98 Å². The Bertz CT molecular complexity index is 585. The third-order valence-corrected chi connectivity index (χ3v) is 2.69. The minimum Gasteiger partial charge on any atom is -0.438 e. The maximum atomic E-state index is 12.4. The molecule has 0 aliphatic carbocycles. The van der Waals surface area contributed by atoms with Crippen LogP contribution in [0.2, 0.25) is 10.0 Å². The van der Waals surface area contributed by atoms with Crippen LogP contribution in [-0.4, -0.2) is 4.98 Å². The summed E-state index contributed by atoms with van der Waals surface area (Å²) in [7, 11) is 0. The highest BCUT2D eigenvalue weighted by Crippen LogP contribution is 2.34. The largest absolute Gasteiger partial charge is 0.438 e. The fourth-order valence-corrected chi connectivity index (χ4v) is 1.60. The number of alkyl halides is 3. The van der Waals surface area contributed by atoms with E-state index in [1.54, 1.807) is 24.3 Å². The number of hydrogen-bond donors (Lipinski definition) is 0. The van der Waals surface area contributed by atoms with E-state index in [4.69, 9.17) is 27.9 Å². The molecule has 1 heterocycles. The van der Waals surface area contributed by atoms with Gasteiger partial charge in [-0.3, -0.25) is 0 Å². The van der Waals surface area contributed by atoms with Crippen LogP contribution in [0.25, 0.3) is 0 Å². The lowest BCUT2D eigenvalue weighted by molar-refractivity contribution is -0.137. The molecule has 2 rings (SSSR count). The second kappa shape index (κ2) is 5.27. The second-order valence-electron chi connectivity index (χ2n) is 3.56. The molecule has 100 valence electrons. The fourth-order valence-electron chi connectivity index (χ4n) is 1.27. The molecule has 0 saturated heterocycles. The molecule has 0 aliphatic heterocycles. The van der Waals surface area contributed by atoms with Gasteiger partial charge in [0, 0.05) is 11.2 Å². The Morgan fingerprint density at radius 1 is 1.05 bits per heavy atom. The molecule has 7 heteroatoms. The molecule has 0 radical (unpaired) electrons. The van der Waals surface area contributed by atoms with Gasteiger partial charge >= 0.3 is 6.18 Å². The molecule has 0 bridgehead atoms. The van der Waals surface area contributed by atoms with Gasteiger partial charge in [-0.2, -0.15) is 13.2 Å². The van der Waals surface area contributed by atoms with Gasteiger partial charge in [0.2, 0.25) is 5.88 Å². The van der Waals surface area contributed by atoms with E-state index in [2.05, 4.69) is 4.98 Å². The number of benzene rings is 1. The van der Waals surface area contributed by atoms with Crippen LogP contribution >= 0.6 is 23.2 Å². The highest BCUT2D eigenvalue weighted by Gasteiger charge is 2.31. The van der Waals surface area contributed by atoms with Crippen molar-refractivity contribution in [3.05, 3.63) is 52.1 Å². The Balaban J connectivity index is 2.24. The number of nitrogens with zero attached hydrogens (tertiary/aromatic N) is 1. The predicted molar refractivity (Wildman–Crippen MR) is 65.8 cm³/mol. The van der Waals surface area contributed by atoms with E-state index in [1.165, 1.54) is 0 Å². The molecular weight excluding hydrogens is 302 g/mol. The number of halogens is 5. The molecule has 1 aromatic heterocycles. The first-order chi connectivity index (χ1) is 8.86. The van der Waals surface area contributed by atoms with Gasteiger partial charge in [0.15, 0.2) is 0 Å². The third-order valence-electron chi connectivity index (χ3n) is 2.16. The van der Waals surface area contributed by atoms with Crippen LogP contribution in [0, 0.1) is 0 Å². The zero-order chi connectivity index (χ0) is 14.0. The van der Waals surface area contributed by atoms with E-state index in [9.17, 15) is 13.2 Å². The number of rotatable bonds is 2. The van der Waals surface area contributed by atoms with Crippen LogP contribution in [0.4, 0.5) is 13.2 Å². The molecule has 19 heavy (non-hydrogen) atoms. The number of pyridine rings is 1. The highest BCUT2D eigenvalue weighted by atomic mass is 35.5. The topological polar surface area (TPSA) is 22.1 Å². The molecule has 0 aliphatic rings. The van der Waals surface area contributed by atoms with Gasteiger partial charge in [-0.1, -0.05) is 23.2 Å². The summed E-state index contributed by atoms with van der Waals surface area (Å²) in [5.41, 5.74) is -0.930. The van der Waals surface area contributed by atoms with Crippen LogP contribution in [0.15, 0.2) is 36.5 Å². The van der Waals surface area contributed by atoms with Gasteiger partial charge < -0.3 is 4.74 Å². The minimum absolute atomic E-state index is 0.100. The average molecular weight is 308 g/mol. The maximum Gasteiger partial charge on any atom is 0.417 e. The SMILES string of the molecule is FC(F)(F)c1cnc(Oc2ccc(Cl)cc2)c(Cl)c1. The summed E-state index contributed by atoms with van der Waals surface area (Å²) < 4.78 is 42.5. The van der Waals surface area contributed by atoms with Crippen molar-refractivity contribution in [3.8, 4) is 11.6 Å². The van der Waals surface area contributed by atoms with Gasteiger partial charge in [0.25, 0.3) is 0 Å². The van der Waals surface area contributed by atoms with Crippen molar-refractivity contribution in [2.75, 3.05) is 0 Å². The summed E-state index contributed by atoms with van der Waals surface area (Å²) in [6.07, 6.45) is -3.83. The molecule has 0 unspecified atom stereocenters. The summed E-state index contributed by atoms with van der Waals surface area (Å²) in [5, 5.41) is 0.295. The number of aromatic nitrogens is 1. The maximum absolute atomic E-state index is 12.4. The number of hydrogen-bond acceptors (Lipinski definition) is 2. The van der Waals surface area contributed by atoms with E-state index in [0.29, 0.717) is 17.0 Å². The molecule has 2 aromatic rings. The Kier molecular flexibility index (Phi) is 3.87. The van der Waals surface area contributed by atoms with Crippen molar-refractivity contribution < 1.29 is 17.9 Å². The Morgan fingerprint density at radius 2 is 1.68 bits per heavy atom. The summed E-state index contributed by atoms with van der Waals surface area (Å²) in [6.45, 7) is 0. The first kappa shape index (κ1) is 14.0. The van der Waals surface area contributed by atoms with Gasteiger partial charge in [-0.05, 0) is 30.3 Å². The first-order valence-electron chi connectivity index (χ1n) is 5.02. The standard InChI is InChI=1S/C12H6Cl2F3NO/c13-8-1-3-9(4-2-8)19-11-10(14)5-7(6-18-11)12(15,16)17/h1-6H. The van der Waals surface area contributed by atoms with Crippen LogP contribution in [0.5, 0.6) is 11.6 Å². The second-order valence-corrected chi connectivity index (χ2v) is 4.41. The van der Waals surface area contributed by atoms with Crippen molar-refractivity contribution >= 4 is 23.2 Å². The van der Waals surface area contributed by atoms with Crippen molar-refractivity contribution in [3.63, 3.8) is 0 Å². The molecule has 0 amide bonds. The summed E-state index contributed by atoms with van der Waals surface area (Å²) in [6, 6.07) is 7.03. The van der Waals surface area contributed by atoms with Crippen LogP contribution in [0.3, 0.4) is 0 Å². The van der Waals surface area contributed by atoms with E-state index in [1.807, 2.05) is 0 Å². The van der Waals surface area contributed by atoms with Crippen molar-refractivity contribution in [2.45, 2.75) is 6.18 Å². The van der Waals surface area contributed by atoms with E-state index in [0.717, 1.165) is 6.07 Å². The third kappa shape index (κ3) is 3.52. The average Bonchev–Trinajstić information content (AvgIpc) is 2.33. The smallest absolute Gasteiger partial charge is 0.417 e. The van der Waals surface area contributed by atoms with Crippen molar-refractivity contribution in [2.24, 2.45) is 0 Å². The van der Waals surface area contributed by atoms with Gasteiger partial charge in [0.05, 0.1) is 5.56 Å². The monoisotopic (exact) mass is 307 g/mol. The Morgan fingerprint density at radius 3 is 2.21 bits per heavy atom. The first-order valence-corrected chi connectivity index (χ1v) is 5.78. The van der Waals surface area contributed by atoms with Gasteiger partial charge in [0.1, 0.15) is 10.8 Å². The Hall–Kier alpha value is -1.46. The molecule has 0 N–H and O–H groups in total. The fraction of sp³-hybridized carbons (Fsp3) is 0.0833. The highest BCUT2D eigenvalue weighted by molar-refractivity contribution is 6.32. The van der Waals surface area contributed by atoms with E-state index >= 15 is 0 Å². The zero-order valence-corrected chi connectivity index (χ0v) is 10.7. The molecule has 0 atom stereocenters. The van der Waals surface area contributed by atoms with Gasteiger partial charge in [-0.25, -0.2) is 4.98 Å². The molecule has 1 aromatic carbocycles. The molecule has 0 saturated carbocycles.